The van der Waals surface area contributed by atoms with E-state index in [1.165, 1.54) is 5.56 Å². The second kappa shape index (κ2) is 6.48. The van der Waals surface area contributed by atoms with E-state index in [4.69, 9.17) is 9.72 Å². The minimum absolute atomic E-state index is 0.486. The Balaban J connectivity index is 1.71. The molecule has 130 valence electrons. The maximum Gasteiger partial charge on any atom is 0.118 e. The Hall–Kier alpha value is -2.40. The van der Waals surface area contributed by atoms with E-state index in [-0.39, 0.29) is 0 Å². The maximum absolute atomic E-state index is 5.24. The predicted molar refractivity (Wildman–Crippen MR) is 99.2 cm³/mol. The largest absolute Gasteiger partial charge is 0.497 e. The minimum Gasteiger partial charge on any atom is -0.497 e. The number of aromatic amines is 1. The van der Waals surface area contributed by atoms with Crippen LogP contribution >= 0.6 is 0 Å². The number of aromatic nitrogens is 3. The summed E-state index contributed by atoms with van der Waals surface area (Å²) >= 11 is 0. The van der Waals surface area contributed by atoms with Crippen molar-refractivity contribution in [1.82, 2.24) is 20.3 Å². The Bertz CT molecular complexity index is 840. The molecule has 1 saturated heterocycles. The fourth-order valence-electron chi connectivity index (χ4n) is 3.73. The van der Waals surface area contributed by atoms with E-state index in [2.05, 4.69) is 41.3 Å². The number of nitrogens with zero attached hydrogens (tertiary/aromatic N) is 2. The van der Waals surface area contributed by atoms with E-state index in [0.717, 1.165) is 53.6 Å². The van der Waals surface area contributed by atoms with Crippen LogP contribution in [0.4, 0.5) is 0 Å². The third kappa shape index (κ3) is 3.00. The lowest BCUT2D eigenvalue weighted by Gasteiger charge is -2.27. The zero-order chi connectivity index (χ0) is 17.4. The van der Waals surface area contributed by atoms with Gasteiger partial charge in [-0.3, -0.25) is 0 Å². The van der Waals surface area contributed by atoms with Gasteiger partial charge in [-0.05, 0) is 57.5 Å². The highest BCUT2D eigenvalue weighted by atomic mass is 16.5. The van der Waals surface area contributed by atoms with Crippen LogP contribution in [0.1, 0.15) is 37.1 Å². The molecule has 3 aliphatic heterocycles. The number of piperidine rings is 1. The van der Waals surface area contributed by atoms with Crippen LogP contribution in [0.5, 0.6) is 5.75 Å². The number of methoxy groups -OCH3 is 1. The van der Waals surface area contributed by atoms with Gasteiger partial charge in [0.05, 0.1) is 24.7 Å². The summed E-state index contributed by atoms with van der Waals surface area (Å²) in [5.41, 5.74) is 5.30. The first-order chi connectivity index (χ1) is 12.2. The number of rotatable bonds is 3. The van der Waals surface area contributed by atoms with E-state index in [9.17, 15) is 0 Å². The molecule has 0 aromatic heterocycles. The molecule has 0 bridgehead atoms. The van der Waals surface area contributed by atoms with Crippen LogP contribution in [0.25, 0.3) is 22.6 Å². The molecule has 5 heteroatoms. The summed E-state index contributed by atoms with van der Waals surface area (Å²) in [7, 11) is 1.68. The van der Waals surface area contributed by atoms with Crippen molar-refractivity contribution >= 4 is 0 Å². The first kappa shape index (κ1) is 16.1. The second-order valence-electron chi connectivity index (χ2n) is 6.92. The Labute approximate surface area is 148 Å². The average Bonchev–Trinajstić information content (AvgIpc) is 2.98. The zero-order valence-corrected chi connectivity index (χ0v) is 15.0. The lowest BCUT2D eigenvalue weighted by Crippen LogP contribution is -2.35. The molecule has 3 heterocycles. The number of H-pyrrole nitrogens is 1. The Kier molecular flexibility index (Phi) is 4.17. The molecule has 2 atom stereocenters. The second-order valence-corrected chi connectivity index (χ2v) is 6.92. The van der Waals surface area contributed by atoms with Crippen LogP contribution in [0, 0.1) is 6.92 Å². The highest BCUT2D eigenvalue weighted by molar-refractivity contribution is 5.76. The zero-order valence-electron chi connectivity index (χ0n) is 15.0. The molecule has 3 aliphatic rings. The molecule has 1 fully saturated rings. The average molecular weight is 336 g/mol. The van der Waals surface area contributed by atoms with Gasteiger partial charge < -0.3 is 15.0 Å². The van der Waals surface area contributed by atoms with Crippen LogP contribution in [-0.4, -0.2) is 34.6 Å². The van der Waals surface area contributed by atoms with Crippen molar-refractivity contribution in [2.45, 2.75) is 38.6 Å². The van der Waals surface area contributed by atoms with Gasteiger partial charge >= 0.3 is 0 Å². The van der Waals surface area contributed by atoms with Gasteiger partial charge in [0.15, 0.2) is 0 Å². The molecule has 5 nitrogen and oxygen atoms in total. The van der Waals surface area contributed by atoms with E-state index in [1.807, 2.05) is 18.3 Å². The number of hydrogen-bond acceptors (Lipinski definition) is 4. The van der Waals surface area contributed by atoms with E-state index < -0.39 is 0 Å². The molecule has 2 N–H and O–H groups in total. The molecule has 0 saturated carbocycles. The Morgan fingerprint density at radius 1 is 1.20 bits per heavy atom. The molecule has 2 unspecified atom stereocenters. The Morgan fingerprint density at radius 3 is 2.72 bits per heavy atom. The lowest BCUT2D eigenvalue weighted by atomic mass is 9.92. The van der Waals surface area contributed by atoms with Gasteiger partial charge in [-0.15, -0.1) is 0 Å². The minimum atomic E-state index is 0.486. The lowest BCUT2D eigenvalue weighted by molar-refractivity contribution is 0.371. The van der Waals surface area contributed by atoms with Crippen molar-refractivity contribution in [2.24, 2.45) is 0 Å². The van der Waals surface area contributed by atoms with Crippen LogP contribution in [0.15, 0.2) is 30.5 Å². The van der Waals surface area contributed by atoms with Gasteiger partial charge in [0.1, 0.15) is 17.3 Å². The molecular weight excluding hydrogens is 312 g/mol. The maximum atomic E-state index is 5.24. The van der Waals surface area contributed by atoms with Gasteiger partial charge in [-0.1, -0.05) is 0 Å². The van der Waals surface area contributed by atoms with Crippen molar-refractivity contribution in [3.8, 4) is 28.4 Å². The summed E-state index contributed by atoms with van der Waals surface area (Å²) in [5, 5.41) is 3.50. The molecule has 1 aromatic carbocycles. The number of hydrogen-bond donors (Lipinski definition) is 2. The van der Waals surface area contributed by atoms with Gasteiger partial charge in [0, 0.05) is 23.1 Å². The van der Waals surface area contributed by atoms with Crippen LogP contribution in [0.3, 0.4) is 0 Å². The van der Waals surface area contributed by atoms with Gasteiger partial charge in [-0.25, -0.2) is 9.97 Å². The molecule has 1 aromatic rings. The summed E-state index contributed by atoms with van der Waals surface area (Å²) in [6.45, 7) is 5.41. The standard InChI is InChI=1S/C20H24N4O/c1-12-10-15(8-9-21-12)20-22-11-17-19(24-20)13(2)18(23-17)14-4-6-16(25-3)7-5-14/h4-7,11-12,15,21H,8-10H2,1-3H3,(H,22,24). The van der Waals surface area contributed by atoms with E-state index in [1.54, 1.807) is 7.11 Å². The highest BCUT2D eigenvalue weighted by Crippen LogP contribution is 2.34. The first-order valence-electron chi connectivity index (χ1n) is 8.88. The fraction of sp³-hybridized carbons (Fsp3) is 0.400. The molecular formula is C20H24N4O. The number of nitrogens with one attached hydrogen (secondary N) is 2. The van der Waals surface area contributed by atoms with Crippen LogP contribution in [0.2, 0.25) is 0 Å². The molecule has 25 heavy (non-hydrogen) atoms. The van der Waals surface area contributed by atoms with Crippen molar-refractivity contribution in [1.29, 1.82) is 0 Å². The third-order valence-electron chi connectivity index (χ3n) is 5.17. The van der Waals surface area contributed by atoms with Crippen LogP contribution in [-0.2, 0) is 0 Å². The summed E-state index contributed by atoms with van der Waals surface area (Å²) in [4.78, 5) is 13.0. The van der Waals surface area contributed by atoms with Crippen LogP contribution < -0.4 is 10.1 Å². The normalized spacial score (nSPS) is 20.8. The predicted octanol–water partition coefficient (Wildman–Crippen LogP) is 3.75. The van der Waals surface area contributed by atoms with Crippen molar-refractivity contribution in [3.63, 3.8) is 0 Å². The van der Waals surface area contributed by atoms with Gasteiger partial charge in [0.2, 0.25) is 0 Å². The first-order valence-corrected chi connectivity index (χ1v) is 8.88. The molecule has 0 aliphatic carbocycles. The van der Waals surface area contributed by atoms with E-state index >= 15 is 0 Å². The van der Waals surface area contributed by atoms with Crippen molar-refractivity contribution in [2.75, 3.05) is 13.7 Å². The van der Waals surface area contributed by atoms with E-state index in [0.29, 0.717) is 12.0 Å². The smallest absolute Gasteiger partial charge is 0.118 e. The molecule has 0 amide bonds. The fourth-order valence-corrected chi connectivity index (χ4v) is 3.73. The van der Waals surface area contributed by atoms with Gasteiger partial charge in [0.25, 0.3) is 0 Å². The summed E-state index contributed by atoms with van der Waals surface area (Å²) < 4.78 is 5.24. The molecule has 0 spiro atoms. The molecule has 4 rings (SSSR count). The van der Waals surface area contributed by atoms with Gasteiger partial charge in [-0.2, -0.15) is 0 Å². The van der Waals surface area contributed by atoms with Crippen molar-refractivity contribution < 1.29 is 4.74 Å². The topological polar surface area (TPSA) is 62.8 Å². The Morgan fingerprint density at radius 2 is 2.00 bits per heavy atom. The SMILES string of the molecule is COc1ccc(-c2nc3cnc(C4CCNC(C)C4)[nH]c-3c2C)cc1. The number of benzene rings is 1. The quantitative estimate of drug-likeness (QED) is 0.765. The highest BCUT2D eigenvalue weighted by Gasteiger charge is 2.24. The monoisotopic (exact) mass is 336 g/mol. The summed E-state index contributed by atoms with van der Waals surface area (Å²) in [6, 6.07) is 8.58. The molecule has 0 radical (unpaired) electrons. The van der Waals surface area contributed by atoms with Crippen molar-refractivity contribution in [3.05, 3.63) is 41.9 Å². The summed E-state index contributed by atoms with van der Waals surface area (Å²) in [6.07, 6.45) is 4.15. The number of fused-ring (bicyclic) bond motifs is 1. The summed E-state index contributed by atoms with van der Waals surface area (Å²) in [5.74, 6) is 2.42. The third-order valence-corrected chi connectivity index (χ3v) is 5.17. The number of ether oxygens (including phenoxy) is 1.